The van der Waals surface area contributed by atoms with Gasteiger partial charge in [-0.15, -0.1) is 5.10 Å². The van der Waals surface area contributed by atoms with E-state index in [4.69, 9.17) is 11.0 Å². The van der Waals surface area contributed by atoms with Crippen LogP contribution in [0.2, 0.25) is 0 Å². The Morgan fingerprint density at radius 3 is 2.79 bits per heavy atom. The topological polar surface area (TPSA) is 132 Å². The zero-order chi connectivity index (χ0) is 26.9. The van der Waals surface area contributed by atoms with Gasteiger partial charge >= 0.3 is 0 Å². The molecule has 3 N–H and O–H groups in total. The number of hydrogen-bond donors (Lipinski definition) is 2. The van der Waals surface area contributed by atoms with Gasteiger partial charge in [0.1, 0.15) is 6.54 Å². The highest BCUT2D eigenvalue weighted by Crippen LogP contribution is 2.29. The molecule has 0 aliphatic heterocycles. The van der Waals surface area contributed by atoms with Crippen LogP contribution in [0, 0.1) is 11.3 Å². The number of nitrogen functional groups attached to an aromatic ring is 1. The van der Waals surface area contributed by atoms with Crippen LogP contribution in [0.25, 0.3) is 33.2 Å². The molecule has 0 aliphatic rings. The zero-order valence-corrected chi connectivity index (χ0v) is 21.2. The van der Waals surface area contributed by atoms with E-state index < -0.39 is 0 Å². The van der Waals surface area contributed by atoms with Gasteiger partial charge in [-0.3, -0.25) is 14.0 Å². The number of aromatic nitrogens is 6. The molecule has 2 aromatic carbocycles. The number of nitriles is 1. The fourth-order valence-corrected chi connectivity index (χ4v) is 4.93. The van der Waals surface area contributed by atoms with E-state index in [0.29, 0.717) is 23.4 Å². The summed E-state index contributed by atoms with van der Waals surface area (Å²) in [6, 6.07) is 21.1. The maximum absolute atomic E-state index is 14.3. The third-order valence-corrected chi connectivity index (χ3v) is 6.82. The number of benzene rings is 2. The first-order valence-electron chi connectivity index (χ1n) is 12.5. The number of fused-ring (bicyclic) bond motifs is 2. The summed E-state index contributed by atoms with van der Waals surface area (Å²) in [5.74, 6) is 0.411. The summed E-state index contributed by atoms with van der Waals surface area (Å²) in [6.45, 7) is 2.58. The van der Waals surface area contributed by atoms with E-state index in [-0.39, 0.29) is 18.1 Å². The number of rotatable bonds is 7. The lowest BCUT2D eigenvalue weighted by molar-refractivity contribution is 0.550. The molecule has 10 nitrogen and oxygen atoms in total. The molecule has 192 valence electrons. The summed E-state index contributed by atoms with van der Waals surface area (Å²) < 4.78 is 4.97. The van der Waals surface area contributed by atoms with E-state index in [1.807, 2.05) is 67.7 Å². The molecule has 10 heteroatoms. The average Bonchev–Trinajstić information content (AvgIpc) is 3.55. The van der Waals surface area contributed by atoms with Crippen molar-refractivity contribution < 1.29 is 0 Å². The maximum Gasteiger partial charge on any atom is 0.263 e. The fraction of sp³-hybridized carbons (Fsp3) is 0.138. The summed E-state index contributed by atoms with van der Waals surface area (Å²) in [6.07, 6.45) is 6.99. The van der Waals surface area contributed by atoms with Crippen molar-refractivity contribution in [3.63, 3.8) is 0 Å². The first-order valence-corrected chi connectivity index (χ1v) is 12.5. The summed E-state index contributed by atoms with van der Waals surface area (Å²) in [7, 11) is 0. The van der Waals surface area contributed by atoms with E-state index in [1.54, 1.807) is 38.4 Å². The molecule has 6 aromatic rings. The Morgan fingerprint density at radius 2 is 1.97 bits per heavy atom. The van der Waals surface area contributed by atoms with Gasteiger partial charge < -0.3 is 11.1 Å². The number of para-hydroxylation sites is 1. The Hall–Kier alpha value is -5.27. The van der Waals surface area contributed by atoms with Crippen LogP contribution in [0.5, 0.6) is 0 Å². The van der Waals surface area contributed by atoms with Crippen LogP contribution in [0.15, 0.2) is 90.2 Å². The number of nitrogens with zero attached hydrogens (tertiary/aromatic N) is 7. The molecule has 4 heterocycles. The highest BCUT2D eigenvalue weighted by Gasteiger charge is 2.20. The van der Waals surface area contributed by atoms with Gasteiger partial charge in [0.15, 0.2) is 11.5 Å². The lowest BCUT2D eigenvalue weighted by Crippen LogP contribution is -2.28. The van der Waals surface area contributed by atoms with Crippen molar-refractivity contribution in [2.75, 3.05) is 5.73 Å². The average molecular weight is 516 g/mol. The largest absolute Gasteiger partial charge is 0.382 e. The molecule has 0 saturated heterocycles. The van der Waals surface area contributed by atoms with E-state index >= 15 is 0 Å². The lowest BCUT2D eigenvalue weighted by atomic mass is 9.99. The minimum atomic E-state index is -0.220. The van der Waals surface area contributed by atoms with Crippen molar-refractivity contribution in [1.82, 2.24) is 34.3 Å². The Bertz CT molecular complexity index is 1910. The predicted molar refractivity (Wildman–Crippen MR) is 149 cm³/mol. The Kier molecular flexibility index (Phi) is 6.11. The molecule has 0 unspecified atom stereocenters. The Labute approximate surface area is 223 Å². The van der Waals surface area contributed by atoms with Crippen molar-refractivity contribution in [3.05, 3.63) is 107 Å². The molecule has 0 amide bonds. The van der Waals surface area contributed by atoms with Crippen molar-refractivity contribution in [1.29, 1.82) is 5.26 Å². The van der Waals surface area contributed by atoms with Crippen LogP contribution in [-0.4, -0.2) is 28.9 Å². The molecule has 39 heavy (non-hydrogen) atoms. The molecular formula is C29H25N9O. The minimum absolute atomic E-state index is 0.136. The van der Waals surface area contributed by atoms with E-state index in [2.05, 4.69) is 26.6 Å². The monoisotopic (exact) mass is 515 g/mol. The Morgan fingerprint density at radius 1 is 1.13 bits per heavy atom. The van der Waals surface area contributed by atoms with Gasteiger partial charge in [-0.1, -0.05) is 36.4 Å². The van der Waals surface area contributed by atoms with Crippen LogP contribution in [-0.2, 0) is 13.1 Å². The van der Waals surface area contributed by atoms with Gasteiger partial charge in [0, 0.05) is 48.1 Å². The van der Waals surface area contributed by atoms with Crippen LogP contribution in [0.4, 0.5) is 5.82 Å². The van der Waals surface area contributed by atoms with Crippen LogP contribution >= 0.6 is 0 Å². The molecule has 0 aliphatic carbocycles. The number of anilines is 1. The van der Waals surface area contributed by atoms with Crippen molar-refractivity contribution in [2.24, 2.45) is 0 Å². The van der Waals surface area contributed by atoms with Gasteiger partial charge in [-0.05, 0) is 42.1 Å². The molecule has 6 rings (SSSR count). The van der Waals surface area contributed by atoms with Crippen LogP contribution < -0.4 is 16.6 Å². The number of pyridine rings is 1. The first kappa shape index (κ1) is 24.1. The van der Waals surface area contributed by atoms with Crippen molar-refractivity contribution >= 4 is 22.2 Å². The first-order chi connectivity index (χ1) is 19.0. The van der Waals surface area contributed by atoms with Gasteiger partial charge in [0.05, 0.1) is 23.2 Å². The Balaban J connectivity index is 1.47. The maximum atomic E-state index is 14.3. The minimum Gasteiger partial charge on any atom is -0.382 e. The van der Waals surface area contributed by atoms with E-state index in [0.717, 1.165) is 33.5 Å². The summed E-state index contributed by atoms with van der Waals surface area (Å²) in [5, 5.41) is 22.6. The SMILES string of the molecule is C[C@H](NCc1c(N)nn2cccnc12)c1cc2cccc(-c3cnn(CC#N)c3)c2c(=O)n1-c1ccccc1. The smallest absolute Gasteiger partial charge is 0.263 e. The summed E-state index contributed by atoms with van der Waals surface area (Å²) >= 11 is 0. The van der Waals surface area contributed by atoms with Gasteiger partial charge in [0.25, 0.3) is 5.56 Å². The van der Waals surface area contributed by atoms with Crippen LogP contribution in [0.3, 0.4) is 0 Å². The molecule has 0 spiro atoms. The fourth-order valence-electron chi connectivity index (χ4n) is 4.93. The molecule has 0 saturated carbocycles. The lowest BCUT2D eigenvalue weighted by Gasteiger charge is -2.21. The third kappa shape index (κ3) is 4.31. The van der Waals surface area contributed by atoms with E-state index in [1.165, 1.54) is 0 Å². The second kappa shape index (κ2) is 9.89. The number of nitrogens with two attached hydrogens (primary N) is 1. The second-order valence-corrected chi connectivity index (χ2v) is 9.25. The quantitative estimate of drug-likeness (QED) is 0.330. The van der Waals surface area contributed by atoms with Gasteiger partial charge in [-0.2, -0.15) is 10.4 Å². The molecule has 4 aromatic heterocycles. The molecular weight excluding hydrogens is 490 g/mol. The normalized spacial score (nSPS) is 12.1. The molecule has 0 bridgehead atoms. The van der Waals surface area contributed by atoms with Gasteiger partial charge in [0.2, 0.25) is 0 Å². The van der Waals surface area contributed by atoms with E-state index in [9.17, 15) is 4.79 Å². The highest BCUT2D eigenvalue weighted by atomic mass is 16.1. The standard InChI is InChI=1S/C29H25N9O/c1-19(33-17-24-27(31)35-37-13-6-12-32-28(24)37)25-15-20-7-5-10-23(21-16-34-36(18-21)14-11-30)26(20)29(39)38(25)22-8-3-2-4-9-22/h2-10,12-13,15-16,18-19,33H,14,17H2,1H3,(H2,31,35)/t19-/m0/s1. The zero-order valence-electron chi connectivity index (χ0n) is 21.2. The van der Waals surface area contributed by atoms with Gasteiger partial charge in [-0.25, -0.2) is 9.50 Å². The van der Waals surface area contributed by atoms with Crippen LogP contribution in [0.1, 0.15) is 24.2 Å². The highest BCUT2D eigenvalue weighted by molar-refractivity contribution is 5.96. The molecule has 0 radical (unpaired) electrons. The number of hydrogen-bond acceptors (Lipinski definition) is 7. The molecule has 1 atom stereocenters. The predicted octanol–water partition coefficient (Wildman–Crippen LogP) is 3.85. The van der Waals surface area contributed by atoms with Crippen molar-refractivity contribution in [2.45, 2.75) is 26.1 Å². The second-order valence-electron chi connectivity index (χ2n) is 9.25. The summed E-state index contributed by atoms with van der Waals surface area (Å²) in [4.78, 5) is 18.7. The summed E-state index contributed by atoms with van der Waals surface area (Å²) in [5.41, 5.74) is 10.7. The van der Waals surface area contributed by atoms with Crippen molar-refractivity contribution in [3.8, 4) is 22.9 Å². The third-order valence-electron chi connectivity index (χ3n) is 6.82. The number of nitrogens with one attached hydrogen (secondary N) is 1. The molecule has 0 fully saturated rings.